The van der Waals surface area contributed by atoms with Crippen LogP contribution in [0.1, 0.15) is 110 Å². The van der Waals surface area contributed by atoms with E-state index in [0.29, 0.717) is 32.5 Å². The number of carbonyl (C=O) groups is 3. The summed E-state index contributed by atoms with van der Waals surface area (Å²) in [5.41, 5.74) is 5.35. The molecule has 1 aliphatic heterocycles. The van der Waals surface area contributed by atoms with E-state index in [1.807, 2.05) is 0 Å². The number of nitrogens with two attached hydrogens (primary N) is 1. The van der Waals surface area contributed by atoms with E-state index in [9.17, 15) is 14.4 Å². The number of amides is 3. The molecule has 1 fully saturated rings. The molecule has 0 aromatic heterocycles. The molecule has 0 saturated carbocycles. The van der Waals surface area contributed by atoms with Crippen molar-refractivity contribution in [3.05, 3.63) is 0 Å². The summed E-state index contributed by atoms with van der Waals surface area (Å²) >= 11 is 0. The number of nitrogens with zero attached hydrogens (tertiary/aromatic N) is 1. The van der Waals surface area contributed by atoms with Gasteiger partial charge in [0.1, 0.15) is 6.04 Å². The average molecular weight is 453 g/mol. The second-order valence-corrected chi connectivity index (χ2v) is 9.09. The number of hydrogen-bond acceptors (Lipinski definition) is 4. The van der Waals surface area contributed by atoms with E-state index in [2.05, 4.69) is 17.6 Å². The van der Waals surface area contributed by atoms with E-state index >= 15 is 0 Å². The van der Waals surface area contributed by atoms with Crippen molar-refractivity contribution in [3.63, 3.8) is 0 Å². The third-order valence-electron chi connectivity index (χ3n) is 6.26. The third kappa shape index (κ3) is 13.0. The molecule has 1 aliphatic rings. The van der Waals surface area contributed by atoms with Gasteiger partial charge in [-0.3, -0.25) is 14.4 Å². The van der Waals surface area contributed by atoms with Crippen LogP contribution in [-0.2, 0) is 14.4 Å². The van der Waals surface area contributed by atoms with Crippen molar-refractivity contribution in [1.29, 1.82) is 0 Å². The van der Waals surface area contributed by atoms with Crippen LogP contribution in [0.3, 0.4) is 0 Å². The predicted octanol–water partition coefficient (Wildman–Crippen LogP) is 3.65. The second-order valence-electron chi connectivity index (χ2n) is 9.09. The molecule has 0 aromatic carbocycles. The minimum atomic E-state index is -0.438. The van der Waals surface area contributed by atoms with Gasteiger partial charge in [-0.15, -0.1) is 0 Å². The van der Waals surface area contributed by atoms with Crippen LogP contribution < -0.4 is 16.4 Å². The quantitative estimate of drug-likeness (QED) is 0.260. The molecule has 1 heterocycles. The number of likely N-dealkylation sites (tertiary alicyclic amines) is 1. The molecule has 1 atom stereocenters. The largest absolute Gasteiger partial charge is 0.353 e. The molecule has 3 amide bonds. The van der Waals surface area contributed by atoms with Gasteiger partial charge in [0, 0.05) is 26.1 Å². The molecule has 0 aromatic rings. The Morgan fingerprint density at radius 2 is 1.41 bits per heavy atom. The summed E-state index contributed by atoms with van der Waals surface area (Å²) in [6.45, 7) is 3.57. The van der Waals surface area contributed by atoms with E-state index < -0.39 is 6.04 Å². The van der Waals surface area contributed by atoms with Gasteiger partial charge in [0.15, 0.2) is 0 Å². The first-order chi connectivity index (χ1) is 15.6. The molecular formula is C25H48N4O3. The van der Waals surface area contributed by atoms with Gasteiger partial charge in [-0.1, -0.05) is 84.0 Å². The van der Waals surface area contributed by atoms with Crippen LogP contribution in [0.4, 0.5) is 0 Å². The predicted molar refractivity (Wildman–Crippen MR) is 130 cm³/mol. The van der Waals surface area contributed by atoms with Gasteiger partial charge in [-0.25, -0.2) is 0 Å². The zero-order valence-corrected chi connectivity index (χ0v) is 20.5. The van der Waals surface area contributed by atoms with Gasteiger partial charge in [0.2, 0.25) is 17.7 Å². The second kappa shape index (κ2) is 18.9. The van der Waals surface area contributed by atoms with Crippen molar-refractivity contribution < 1.29 is 14.4 Å². The van der Waals surface area contributed by atoms with E-state index in [-0.39, 0.29) is 24.3 Å². The highest BCUT2D eigenvalue weighted by molar-refractivity contribution is 5.90. The van der Waals surface area contributed by atoms with Crippen LogP contribution >= 0.6 is 0 Å². The molecule has 1 rings (SSSR count). The Morgan fingerprint density at radius 3 is 1.97 bits per heavy atom. The van der Waals surface area contributed by atoms with Crippen molar-refractivity contribution in [2.24, 2.45) is 5.73 Å². The van der Waals surface area contributed by atoms with E-state index in [1.165, 1.54) is 70.6 Å². The first kappa shape index (κ1) is 28.4. The van der Waals surface area contributed by atoms with Gasteiger partial charge in [-0.05, 0) is 19.3 Å². The molecule has 32 heavy (non-hydrogen) atoms. The number of hydrogen-bond donors (Lipinski definition) is 3. The molecule has 0 spiro atoms. The van der Waals surface area contributed by atoms with Crippen LogP contribution in [0, 0.1) is 0 Å². The van der Waals surface area contributed by atoms with Crippen LogP contribution in [0.5, 0.6) is 0 Å². The zero-order chi connectivity index (χ0) is 23.4. The molecule has 7 nitrogen and oxygen atoms in total. The van der Waals surface area contributed by atoms with Crippen molar-refractivity contribution in [2.45, 2.75) is 116 Å². The fourth-order valence-corrected chi connectivity index (χ4v) is 4.33. The number of nitrogens with one attached hydrogen (secondary N) is 2. The summed E-state index contributed by atoms with van der Waals surface area (Å²) in [4.78, 5) is 38.3. The van der Waals surface area contributed by atoms with E-state index in [4.69, 9.17) is 5.73 Å². The first-order valence-electron chi connectivity index (χ1n) is 13.1. The molecule has 1 saturated heterocycles. The highest BCUT2D eigenvalue weighted by Gasteiger charge is 2.33. The number of rotatable bonds is 19. The lowest BCUT2D eigenvalue weighted by atomic mass is 10.0. The normalized spacial score (nSPS) is 15.7. The Kier molecular flexibility index (Phi) is 16.8. The maximum absolute atomic E-state index is 12.6. The van der Waals surface area contributed by atoms with Gasteiger partial charge >= 0.3 is 0 Å². The fourth-order valence-electron chi connectivity index (χ4n) is 4.33. The van der Waals surface area contributed by atoms with Crippen LogP contribution in [0.2, 0.25) is 0 Å². The smallest absolute Gasteiger partial charge is 0.243 e. The SMILES string of the molecule is CCCCCCCCCCCCCCCC(=O)N1CCCC1C(=O)NCC(=O)NCCN. The molecular weight excluding hydrogens is 404 g/mol. The lowest BCUT2D eigenvalue weighted by molar-refractivity contribution is -0.138. The molecule has 0 aliphatic carbocycles. The van der Waals surface area contributed by atoms with E-state index in [1.54, 1.807) is 4.90 Å². The van der Waals surface area contributed by atoms with Crippen molar-refractivity contribution in [3.8, 4) is 0 Å². The molecule has 7 heteroatoms. The van der Waals surface area contributed by atoms with Crippen LogP contribution in [-0.4, -0.2) is 54.8 Å². The van der Waals surface area contributed by atoms with Gasteiger partial charge in [0.25, 0.3) is 0 Å². The average Bonchev–Trinajstić information content (AvgIpc) is 3.29. The van der Waals surface area contributed by atoms with E-state index in [0.717, 1.165) is 19.3 Å². The lowest BCUT2D eigenvalue weighted by Gasteiger charge is -2.24. The standard InChI is InChI=1S/C25H48N4O3/c1-2-3-4-5-6-7-8-9-10-11-12-13-14-17-24(31)29-20-15-16-22(29)25(32)28-21-23(30)27-19-18-26/h22H,2-21,26H2,1H3,(H,27,30)(H,28,32). The highest BCUT2D eigenvalue weighted by Crippen LogP contribution is 2.20. The third-order valence-corrected chi connectivity index (χ3v) is 6.26. The van der Waals surface area contributed by atoms with Crippen LogP contribution in [0.15, 0.2) is 0 Å². The Morgan fingerprint density at radius 1 is 0.844 bits per heavy atom. The van der Waals surface area contributed by atoms with Gasteiger partial charge < -0.3 is 21.3 Å². The summed E-state index contributed by atoms with van der Waals surface area (Å²) in [7, 11) is 0. The minimum Gasteiger partial charge on any atom is -0.353 e. The zero-order valence-electron chi connectivity index (χ0n) is 20.5. The Hall–Kier alpha value is -1.63. The van der Waals surface area contributed by atoms with Gasteiger partial charge in [-0.2, -0.15) is 0 Å². The summed E-state index contributed by atoms with van der Waals surface area (Å²) in [6, 6.07) is -0.438. The Bertz CT molecular complexity index is 527. The monoisotopic (exact) mass is 452 g/mol. The maximum Gasteiger partial charge on any atom is 0.243 e. The van der Waals surface area contributed by atoms with Crippen molar-refractivity contribution >= 4 is 17.7 Å². The molecule has 0 radical (unpaired) electrons. The highest BCUT2D eigenvalue weighted by atomic mass is 16.2. The summed E-state index contributed by atoms with van der Waals surface area (Å²) in [6.07, 6.45) is 18.7. The molecule has 4 N–H and O–H groups in total. The topological polar surface area (TPSA) is 105 Å². The Balaban J connectivity index is 2.07. The summed E-state index contributed by atoms with van der Waals surface area (Å²) in [5.74, 6) is -0.422. The van der Waals surface area contributed by atoms with Crippen LogP contribution in [0.25, 0.3) is 0 Å². The maximum atomic E-state index is 12.6. The Labute approximate surface area is 195 Å². The molecule has 0 bridgehead atoms. The van der Waals surface area contributed by atoms with Gasteiger partial charge in [0.05, 0.1) is 6.54 Å². The summed E-state index contributed by atoms with van der Waals surface area (Å²) in [5, 5.41) is 5.27. The fraction of sp³-hybridized carbons (Fsp3) is 0.880. The molecule has 186 valence electrons. The van der Waals surface area contributed by atoms with Crippen molar-refractivity contribution in [1.82, 2.24) is 15.5 Å². The number of unbranched alkanes of at least 4 members (excludes halogenated alkanes) is 12. The lowest BCUT2D eigenvalue weighted by Crippen LogP contribution is -2.48. The first-order valence-corrected chi connectivity index (χ1v) is 13.1. The summed E-state index contributed by atoms with van der Waals surface area (Å²) < 4.78 is 0. The minimum absolute atomic E-state index is 0.0679. The van der Waals surface area contributed by atoms with Crippen molar-refractivity contribution in [2.75, 3.05) is 26.2 Å². The number of carbonyl (C=O) groups excluding carboxylic acids is 3. The molecule has 1 unspecified atom stereocenters.